The predicted molar refractivity (Wildman–Crippen MR) is 123 cm³/mol. The van der Waals surface area contributed by atoms with Crippen molar-refractivity contribution in [3.63, 3.8) is 0 Å². The zero-order valence-electron chi connectivity index (χ0n) is 19.4. The Bertz CT molecular complexity index is 991. The molecule has 0 bridgehead atoms. The van der Waals surface area contributed by atoms with Crippen LogP contribution < -0.4 is 9.47 Å². The molecule has 0 saturated carbocycles. The highest BCUT2D eigenvalue weighted by Gasteiger charge is 2.36. The molecule has 0 aromatic heterocycles. The van der Waals surface area contributed by atoms with Gasteiger partial charge in [0, 0.05) is 11.1 Å². The SMILES string of the molecule is CCCCCOC(=O)Oc1cccc2c1C(=O)c1c(OC(=O)OCCCCC)cccc1C2=O. The van der Waals surface area contributed by atoms with E-state index in [2.05, 4.69) is 0 Å². The normalized spacial score (nSPS) is 11.9. The molecular formula is C26H28O8. The van der Waals surface area contributed by atoms with Crippen LogP contribution in [0.5, 0.6) is 11.5 Å². The standard InChI is InChI=1S/C26H28O8/c1-3-5-7-15-31-25(29)33-19-13-9-11-17-21(19)24(28)22-18(23(17)27)12-10-14-20(22)34-26(30)32-16-8-6-4-2/h9-14H,3-8,15-16H2,1-2H3. The minimum absolute atomic E-state index is 0.0853. The molecule has 0 fully saturated rings. The second kappa shape index (κ2) is 12.0. The fraction of sp³-hybridized carbons (Fsp3) is 0.385. The summed E-state index contributed by atoms with van der Waals surface area (Å²) in [5, 5.41) is 0. The maximum atomic E-state index is 13.4. The minimum atomic E-state index is -0.962. The number of ketones is 2. The lowest BCUT2D eigenvalue weighted by molar-refractivity contribution is 0.0922. The van der Waals surface area contributed by atoms with E-state index in [-0.39, 0.29) is 47.0 Å². The summed E-state index contributed by atoms with van der Waals surface area (Å²) in [6.07, 6.45) is 3.21. The van der Waals surface area contributed by atoms with Crippen LogP contribution in [0.2, 0.25) is 0 Å². The van der Waals surface area contributed by atoms with Crippen LogP contribution >= 0.6 is 0 Å². The van der Waals surface area contributed by atoms with E-state index < -0.39 is 23.9 Å². The van der Waals surface area contributed by atoms with Gasteiger partial charge >= 0.3 is 12.3 Å². The van der Waals surface area contributed by atoms with E-state index in [1.165, 1.54) is 36.4 Å². The van der Waals surface area contributed by atoms with Crippen molar-refractivity contribution in [3.05, 3.63) is 58.7 Å². The molecule has 0 atom stereocenters. The van der Waals surface area contributed by atoms with Gasteiger partial charge in [-0.2, -0.15) is 0 Å². The van der Waals surface area contributed by atoms with Gasteiger partial charge in [0.05, 0.1) is 24.3 Å². The number of fused-ring (bicyclic) bond motifs is 2. The smallest absolute Gasteiger partial charge is 0.434 e. The number of hydrogen-bond acceptors (Lipinski definition) is 8. The molecule has 8 heteroatoms. The summed E-state index contributed by atoms with van der Waals surface area (Å²) in [5.74, 6) is -1.25. The van der Waals surface area contributed by atoms with E-state index in [9.17, 15) is 19.2 Å². The monoisotopic (exact) mass is 468 g/mol. The van der Waals surface area contributed by atoms with Gasteiger partial charge in [-0.15, -0.1) is 0 Å². The van der Waals surface area contributed by atoms with Gasteiger partial charge in [0.1, 0.15) is 11.5 Å². The lowest BCUT2D eigenvalue weighted by Crippen LogP contribution is -2.24. The second-order valence-electron chi connectivity index (χ2n) is 7.83. The van der Waals surface area contributed by atoms with Crippen molar-refractivity contribution >= 4 is 23.9 Å². The Morgan fingerprint density at radius 1 is 0.647 bits per heavy atom. The first-order chi connectivity index (χ1) is 16.5. The topological polar surface area (TPSA) is 105 Å². The molecule has 0 unspecified atom stereocenters. The summed E-state index contributed by atoms with van der Waals surface area (Å²) in [6.45, 7) is 4.43. The van der Waals surface area contributed by atoms with E-state index in [0.29, 0.717) is 12.8 Å². The zero-order valence-corrected chi connectivity index (χ0v) is 19.4. The third-order valence-electron chi connectivity index (χ3n) is 5.32. The molecule has 0 aliphatic heterocycles. The summed E-state index contributed by atoms with van der Waals surface area (Å²) < 4.78 is 20.6. The van der Waals surface area contributed by atoms with Gasteiger partial charge in [0.25, 0.3) is 0 Å². The predicted octanol–water partition coefficient (Wildman–Crippen LogP) is 5.87. The molecule has 2 aromatic rings. The summed E-state index contributed by atoms with van der Waals surface area (Å²) in [5.41, 5.74) is 0.0110. The van der Waals surface area contributed by atoms with Crippen molar-refractivity contribution in [1.29, 1.82) is 0 Å². The number of rotatable bonds is 10. The molecule has 2 aromatic carbocycles. The van der Waals surface area contributed by atoms with Gasteiger partial charge in [-0.05, 0) is 25.0 Å². The van der Waals surface area contributed by atoms with E-state index in [1.807, 2.05) is 13.8 Å². The van der Waals surface area contributed by atoms with E-state index in [0.717, 1.165) is 25.7 Å². The lowest BCUT2D eigenvalue weighted by Gasteiger charge is -2.21. The van der Waals surface area contributed by atoms with Crippen LogP contribution in [0.3, 0.4) is 0 Å². The Hall–Kier alpha value is -3.68. The van der Waals surface area contributed by atoms with E-state index >= 15 is 0 Å². The number of carbonyl (C=O) groups excluding carboxylic acids is 4. The first-order valence-corrected chi connectivity index (χ1v) is 11.5. The summed E-state index contributed by atoms with van der Waals surface area (Å²) in [4.78, 5) is 50.8. The fourth-order valence-electron chi connectivity index (χ4n) is 3.60. The molecule has 0 saturated heterocycles. The van der Waals surface area contributed by atoms with Crippen LogP contribution in [0.4, 0.5) is 9.59 Å². The van der Waals surface area contributed by atoms with Gasteiger partial charge in [0.15, 0.2) is 5.78 Å². The van der Waals surface area contributed by atoms with Crippen LogP contribution in [-0.2, 0) is 9.47 Å². The lowest BCUT2D eigenvalue weighted by atomic mass is 9.83. The maximum absolute atomic E-state index is 13.4. The van der Waals surface area contributed by atoms with Crippen molar-refractivity contribution in [3.8, 4) is 11.5 Å². The molecule has 0 radical (unpaired) electrons. The van der Waals surface area contributed by atoms with Gasteiger partial charge < -0.3 is 18.9 Å². The van der Waals surface area contributed by atoms with Crippen molar-refractivity contribution in [1.82, 2.24) is 0 Å². The molecule has 0 heterocycles. The molecule has 1 aliphatic carbocycles. The van der Waals surface area contributed by atoms with Crippen LogP contribution in [0, 0.1) is 0 Å². The molecule has 0 N–H and O–H groups in total. The molecule has 0 amide bonds. The summed E-state index contributed by atoms with van der Waals surface area (Å²) in [6, 6.07) is 8.81. The quantitative estimate of drug-likeness (QED) is 0.207. The third-order valence-corrected chi connectivity index (χ3v) is 5.32. The maximum Gasteiger partial charge on any atom is 0.513 e. The number of benzene rings is 2. The van der Waals surface area contributed by atoms with Crippen LogP contribution in [0.1, 0.15) is 84.2 Å². The van der Waals surface area contributed by atoms with Crippen LogP contribution in [0.25, 0.3) is 0 Å². The average molecular weight is 469 g/mol. The molecular weight excluding hydrogens is 440 g/mol. The van der Waals surface area contributed by atoms with E-state index in [1.54, 1.807) is 0 Å². The van der Waals surface area contributed by atoms with Crippen molar-refractivity contribution in [2.24, 2.45) is 0 Å². The Kier molecular flexibility index (Phi) is 8.79. The Labute approximate surface area is 198 Å². The first kappa shape index (κ1) is 25.0. The number of unbranched alkanes of at least 4 members (excludes halogenated alkanes) is 4. The average Bonchev–Trinajstić information content (AvgIpc) is 2.83. The van der Waals surface area contributed by atoms with Gasteiger partial charge in [-0.1, -0.05) is 63.8 Å². The Morgan fingerprint density at radius 3 is 1.50 bits per heavy atom. The molecule has 8 nitrogen and oxygen atoms in total. The molecule has 180 valence electrons. The fourth-order valence-corrected chi connectivity index (χ4v) is 3.60. The second-order valence-corrected chi connectivity index (χ2v) is 7.83. The number of hydrogen-bond donors (Lipinski definition) is 0. The van der Waals surface area contributed by atoms with E-state index in [4.69, 9.17) is 18.9 Å². The largest absolute Gasteiger partial charge is 0.513 e. The minimum Gasteiger partial charge on any atom is -0.434 e. The van der Waals surface area contributed by atoms with Crippen molar-refractivity contribution in [2.75, 3.05) is 13.2 Å². The number of ether oxygens (including phenoxy) is 4. The van der Waals surface area contributed by atoms with Crippen molar-refractivity contribution < 1.29 is 38.1 Å². The third kappa shape index (κ3) is 5.81. The molecule has 0 spiro atoms. The molecule has 34 heavy (non-hydrogen) atoms. The van der Waals surface area contributed by atoms with Crippen molar-refractivity contribution in [2.45, 2.75) is 52.4 Å². The first-order valence-electron chi connectivity index (χ1n) is 11.5. The van der Waals surface area contributed by atoms with Crippen LogP contribution in [-0.4, -0.2) is 37.1 Å². The number of carbonyl (C=O) groups is 4. The Balaban J connectivity index is 1.83. The van der Waals surface area contributed by atoms with Crippen LogP contribution in [0.15, 0.2) is 36.4 Å². The van der Waals surface area contributed by atoms with Gasteiger partial charge in [-0.3, -0.25) is 9.59 Å². The Morgan fingerprint density at radius 2 is 1.09 bits per heavy atom. The van der Waals surface area contributed by atoms with Gasteiger partial charge in [0.2, 0.25) is 5.78 Å². The highest BCUT2D eigenvalue weighted by Crippen LogP contribution is 2.37. The summed E-state index contributed by atoms with van der Waals surface area (Å²) in [7, 11) is 0. The summed E-state index contributed by atoms with van der Waals surface area (Å²) >= 11 is 0. The zero-order chi connectivity index (χ0) is 24.5. The molecule has 3 rings (SSSR count). The highest BCUT2D eigenvalue weighted by atomic mass is 16.7. The highest BCUT2D eigenvalue weighted by molar-refractivity contribution is 6.30. The molecule has 1 aliphatic rings. The van der Waals surface area contributed by atoms with Gasteiger partial charge in [-0.25, -0.2) is 9.59 Å².